The number of carbonyl (C=O) groups is 1. The third kappa shape index (κ3) is 3.63. The minimum atomic E-state index is -4.55. The highest BCUT2D eigenvalue weighted by Crippen LogP contribution is 2.34. The molecule has 4 nitrogen and oxygen atoms in total. The van der Waals surface area contributed by atoms with Crippen molar-refractivity contribution in [2.75, 3.05) is 5.32 Å². The second-order valence-electron chi connectivity index (χ2n) is 4.08. The molecule has 0 radical (unpaired) electrons. The van der Waals surface area contributed by atoms with Crippen LogP contribution in [0, 0.1) is 0 Å². The number of halogens is 4. The summed E-state index contributed by atoms with van der Waals surface area (Å²) in [6.45, 7) is 0. The average Bonchev–Trinajstić information content (AvgIpc) is 2.37. The Balaban J connectivity index is 2.41. The number of alkyl halides is 3. The van der Waals surface area contributed by atoms with Gasteiger partial charge in [-0.1, -0.05) is 11.6 Å². The standard InChI is InChI=1S/C13H8ClF3N2O2/c14-8-3-7(13(15,16)17)4-9(5-8)19-11-1-2-18-6-10(11)12(20)21/h1-6H,(H,18,19)(H,20,21). The summed E-state index contributed by atoms with van der Waals surface area (Å²) in [6.07, 6.45) is -2.13. The molecule has 0 aliphatic carbocycles. The molecule has 21 heavy (non-hydrogen) atoms. The summed E-state index contributed by atoms with van der Waals surface area (Å²) < 4.78 is 38.1. The first-order valence-electron chi connectivity index (χ1n) is 5.59. The molecule has 0 saturated heterocycles. The number of anilines is 2. The van der Waals surface area contributed by atoms with E-state index in [0.717, 1.165) is 18.3 Å². The molecule has 2 rings (SSSR count). The molecule has 0 aliphatic heterocycles. The van der Waals surface area contributed by atoms with E-state index in [9.17, 15) is 18.0 Å². The number of carboxylic acid groups (broad SMARTS) is 1. The SMILES string of the molecule is O=C(O)c1cnccc1Nc1cc(Cl)cc(C(F)(F)F)c1. The monoisotopic (exact) mass is 316 g/mol. The van der Waals surface area contributed by atoms with Gasteiger partial charge in [0.05, 0.1) is 11.3 Å². The topological polar surface area (TPSA) is 62.2 Å². The van der Waals surface area contributed by atoms with Crippen LogP contribution < -0.4 is 5.32 Å². The summed E-state index contributed by atoms with van der Waals surface area (Å²) in [5.41, 5.74) is -0.939. The molecule has 2 N–H and O–H groups in total. The number of nitrogens with zero attached hydrogens (tertiary/aromatic N) is 1. The van der Waals surface area contributed by atoms with E-state index in [1.54, 1.807) is 0 Å². The smallest absolute Gasteiger partial charge is 0.416 e. The lowest BCUT2D eigenvalue weighted by molar-refractivity contribution is -0.137. The molecule has 2 aromatic rings. The van der Waals surface area contributed by atoms with E-state index >= 15 is 0 Å². The Morgan fingerprint density at radius 3 is 2.62 bits per heavy atom. The molecule has 110 valence electrons. The first-order chi connectivity index (χ1) is 9.77. The van der Waals surface area contributed by atoms with Crippen molar-refractivity contribution in [2.24, 2.45) is 0 Å². The van der Waals surface area contributed by atoms with Crippen molar-refractivity contribution in [1.29, 1.82) is 0 Å². The number of carboxylic acids is 1. The lowest BCUT2D eigenvalue weighted by Gasteiger charge is -2.13. The van der Waals surface area contributed by atoms with Crippen LogP contribution in [0.1, 0.15) is 15.9 Å². The van der Waals surface area contributed by atoms with Crippen LogP contribution in [-0.2, 0) is 6.18 Å². The molecule has 1 heterocycles. The molecule has 0 saturated carbocycles. The predicted octanol–water partition coefficient (Wildman–Crippen LogP) is 4.20. The summed E-state index contributed by atoms with van der Waals surface area (Å²) in [7, 11) is 0. The maximum atomic E-state index is 12.7. The van der Waals surface area contributed by atoms with Crippen molar-refractivity contribution in [3.63, 3.8) is 0 Å². The molecular weight excluding hydrogens is 309 g/mol. The number of pyridine rings is 1. The fourth-order valence-corrected chi connectivity index (χ4v) is 1.89. The Bertz CT molecular complexity index is 689. The van der Waals surface area contributed by atoms with Crippen LogP contribution in [-0.4, -0.2) is 16.1 Å². The average molecular weight is 317 g/mol. The number of aromatic nitrogens is 1. The summed E-state index contributed by atoms with van der Waals surface area (Å²) in [6, 6.07) is 4.25. The number of rotatable bonds is 3. The molecule has 0 aliphatic rings. The minimum absolute atomic E-state index is 0.0310. The van der Waals surface area contributed by atoms with Crippen LogP contribution in [0.2, 0.25) is 5.02 Å². The molecule has 0 amide bonds. The van der Waals surface area contributed by atoms with Gasteiger partial charge in [0.1, 0.15) is 5.56 Å². The Hall–Kier alpha value is -2.28. The molecule has 0 unspecified atom stereocenters. The van der Waals surface area contributed by atoms with E-state index in [1.165, 1.54) is 18.3 Å². The van der Waals surface area contributed by atoms with E-state index in [0.29, 0.717) is 0 Å². The molecular formula is C13H8ClF3N2O2. The van der Waals surface area contributed by atoms with E-state index in [1.807, 2.05) is 0 Å². The van der Waals surface area contributed by atoms with Crippen molar-refractivity contribution in [3.8, 4) is 0 Å². The molecule has 1 aromatic carbocycles. The van der Waals surface area contributed by atoms with Gasteiger partial charge in [-0.2, -0.15) is 13.2 Å². The van der Waals surface area contributed by atoms with Crippen LogP contribution >= 0.6 is 11.6 Å². The second-order valence-corrected chi connectivity index (χ2v) is 4.51. The molecule has 8 heteroatoms. The Morgan fingerprint density at radius 1 is 1.29 bits per heavy atom. The minimum Gasteiger partial charge on any atom is -0.478 e. The van der Waals surface area contributed by atoms with Crippen molar-refractivity contribution in [1.82, 2.24) is 4.98 Å². The third-order valence-corrected chi connectivity index (χ3v) is 2.77. The molecule has 1 aromatic heterocycles. The zero-order valence-electron chi connectivity index (χ0n) is 10.3. The molecule has 0 bridgehead atoms. The highest BCUT2D eigenvalue weighted by Gasteiger charge is 2.31. The normalized spacial score (nSPS) is 11.2. The first-order valence-corrected chi connectivity index (χ1v) is 5.97. The lowest BCUT2D eigenvalue weighted by atomic mass is 10.1. The third-order valence-electron chi connectivity index (χ3n) is 2.56. The lowest BCUT2D eigenvalue weighted by Crippen LogP contribution is -2.07. The van der Waals surface area contributed by atoms with Crippen molar-refractivity contribution >= 4 is 28.9 Å². The summed E-state index contributed by atoms with van der Waals surface area (Å²) in [5.74, 6) is -1.25. The fraction of sp³-hybridized carbons (Fsp3) is 0.0769. The number of nitrogens with one attached hydrogen (secondary N) is 1. The molecule has 0 atom stereocenters. The van der Waals surface area contributed by atoms with E-state index < -0.39 is 17.7 Å². The largest absolute Gasteiger partial charge is 0.478 e. The van der Waals surface area contributed by atoms with Gasteiger partial charge < -0.3 is 10.4 Å². The highest BCUT2D eigenvalue weighted by atomic mass is 35.5. The zero-order valence-corrected chi connectivity index (χ0v) is 11.0. The number of hydrogen-bond acceptors (Lipinski definition) is 3. The Labute approximate surface area is 122 Å². The van der Waals surface area contributed by atoms with E-state index in [4.69, 9.17) is 16.7 Å². The van der Waals surface area contributed by atoms with E-state index in [-0.39, 0.29) is 22.0 Å². The predicted molar refractivity (Wildman–Crippen MR) is 70.9 cm³/mol. The number of aromatic carboxylic acids is 1. The fourth-order valence-electron chi connectivity index (χ4n) is 1.65. The van der Waals surface area contributed by atoms with E-state index in [2.05, 4.69) is 10.3 Å². The van der Waals surface area contributed by atoms with Gasteiger partial charge in [-0.05, 0) is 24.3 Å². The van der Waals surface area contributed by atoms with Crippen LogP contribution in [0.3, 0.4) is 0 Å². The summed E-state index contributed by atoms with van der Waals surface area (Å²) in [4.78, 5) is 14.7. The zero-order chi connectivity index (χ0) is 15.6. The van der Waals surface area contributed by atoms with Gasteiger partial charge in [-0.3, -0.25) is 4.98 Å². The van der Waals surface area contributed by atoms with Gasteiger partial charge >= 0.3 is 12.1 Å². The van der Waals surface area contributed by atoms with Crippen LogP contribution in [0.5, 0.6) is 0 Å². The van der Waals surface area contributed by atoms with Crippen molar-refractivity contribution in [3.05, 3.63) is 52.8 Å². The van der Waals surface area contributed by atoms with Gasteiger partial charge in [-0.15, -0.1) is 0 Å². The highest BCUT2D eigenvalue weighted by molar-refractivity contribution is 6.31. The molecule has 0 fully saturated rings. The van der Waals surface area contributed by atoms with Crippen molar-refractivity contribution in [2.45, 2.75) is 6.18 Å². The summed E-state index contributed by atoms with van der Waals surface area (Å²) >= 11 is 5.66. The summed E-state index contributed by atoms with van der Waals surface area (Å²) in [5, 5.41) is 11.5. The number of hydrogen-bond donors (Lipinski definition) is 2. The Kier molecular flexibility index (Phi) is 4.04. The quantitative estimate of drug-likeness (QED) is 0.891. The maximum absolute atomic E-state index is 12.7. The van der Waals surface area contributed by atoms with Crippen LogP contribution in [0.25, 0.3) is 0 Å². The molecule has 0 spiro atoms. The Morgan fingerprint density at radius 2 is 2.00 bits per heavy atom. The first kappa shape index (κ1) is 15.1. The second kappa shape index (κ2) is 5.61. The van der Waals surface area contributed by atoms with Gasteiger partial charge in [0.15, 0.2) is 0 Å². The van der Waals surface area contributed by atoms with Crippen molar-refractivity contribution < 1.29 is 23.1 Å². The maximum Gasteiger partial charge on any atom is 0.416 e. The van der Waals surface area contributed by atoms with Crippen LogP contribution in [0.4, 0.5) is 24.5 Å². The van der Waals surface area contributed by atoms with Gasteiger partial charge in [0.25, 0.3) is 0 Å². The number of benzene rings is 1. The van der Waals surface area contributed by atoms with Gasteiger partial charge in [0, 0.05) is 23.1 Å². The van der Waals surface area contributed by atoms with Gasteiger partial charge in [0.2, 0.25) is 0 Å². The van der Waals surface area contributed by atoms with Crippen LogP contribution in [0.15, 0.2) is 36.7 Å². The van der Waals surface area contributed by atoms with Gasteiger partial charge in [-0.25, -0.2) is 4.79 Å².